The van der Waals surface area contributed by atoms with E-state index in [9.17, 15) is 0 Å². The molecule has 21 aromatic carbocycles. The molecule has 6 aromatic heterocycles. The average Bonchev–Trinajstić information content (AvgIpc) is 1.56. The van der Waals surface area contributed by atoms with Crippen LogP contribution in [0, 0.1) is 0 Å². The zero-order valence-electron chi connectivity index (χ0n) is 73.7. The van der Waals surface area contributed by atoms with Crippen molar-refractivity contribution in [2.45, 2.75) is 0 Å². The highest BCUT2D eigenvalue weighted by Crippen LogP contribution is 2.46. The van der Waals surface area contributed by atoms with Crippen molar-refractivity contribution in [2.24, 2.45) is 0 Å². The Morgan fingerprint density at radius 2 is 0.394 bits per heavy atom. The predicted molar refractivity (Wildman–Crippen MR) is 576 cm³/mol. The number of aromatic nitrogens is 9. The Labute approximate surface area is 801 Å². The number of nitrogens with zero attached hydrogens (tertiary/aromatic N) is 9. The second-order valence-electron chi connectivity index (χ2n) is 34.3. The lowest BCUT2D eigenvalue weighted by atomic mass is 9.93. The molecule has 27 rings (SSSR count). The minimum absolute atomic E-state index is 0.648. The van der Waals surface area contributed by atoms with Gasteiger partial charge < -0.3 is 0 Å². The Hall–Kier alpha value is -17.4. The zero-order chi connectivity index (χ0) is 90.6. The first-order chi connectivity index (χ1) is 67.8. The molecule has 0 saturated heterocycles. The standard InChI is InChI=1S/C43H27N3S.2C41H25N3S/c1-3-11-28(12-4-1)29-21-23-31(24-22-29)42-44-41(30-13-5-2-6-14-30)45-43(46-42)34-17-9-15-32(25-34)35-19-10-16-33-26-38-36-18-7-8-20-39(36)47-40(38)27-37(33)35;1-3-11-26(12-4-1)39-42-40(27-13-5-2-6-14-27)44-41(43-39)32-22-29-15-7-8-16-33(29)35(24-32)30-20-19-28-23-36-34-17-9-10-18-37(34)45-38(36)25-31(28)21-30;1-3-11-26(12-4-1)39-42-40(27-13-5-2-6-14-27)44-41(43-39)36-24-32(22-30-15-7-8-16-33(30)36)28-19-20-29-25-38-35(23-31(29)21-28)34-17-9-10-18-37(34)45-38/h1-27H;2*1-25H. The molecule has 640 valence electrons. The molecular formula is C125H77N9S3. The summed E-state index contributed by atoms with van der Waals surface area (Å²) in [6, 6.07) is 164. The summed E-state index contributed by atoms with van der Waals surface area (Å²) in [6.45, 7) is 0. The summed E-state index contributed by atoms with van der Waals surface area (Å²) in [5.41, 5.74) is 17.9. The molecule has 0 atom stereocenters. The van der Waals surface area contributed by atoms with Crippen molar-refractivity contribution < 1.29 is 0 Å². The molecule has 12 heteroatoms. The Balaban J connectivity index is 0.000000109. The van der Waals surface area contributed by atoms with Gasteiger partial charge in [0.2, 0.25) is 0 Å². The van der Waals surface area contributed by atoms with Gasteiger partial charge in [0.05, 0.1) is 0 Å². The highest BCUT2D eigenvalue weighted by atomic mass is 32.1. The molecule has 6 heterocycles. The van der Waals surface area contributed by atoms with E-state index in [1.165, 1.54) is 115 Å². The normalized spacial score (nSPS) is 11.5. The summed E-state index contributed by atoms with van der Waals surface area (Å²) in [5.74, 6) is 5.90. The lowest BCUT2D eigenvalue weighted by Crippen LogP contribution is -2.00. The van der Waals surface area contributed by atoms with E-state index in [4.69, 9.17) is 44.9 Å². The van der Waals surface area contributed by atoms with Gasteiger partial charge in [0.15, 0.2) is 52.4 Å². The van der Waals surface area contributed by atoms with Gasteiger partial charge in [-0.3, -0.25) is 0 Å². The highest BCUT2D eigenvalue weighted by Gasteiger charge is 2.22. The van der Waals surface area contributed by atoms with Crippen LogP contribution in [0.2, 0.25) is 0 Å². The van der Waals surface area contributed by atoms with Crippen LogP contribution in [0.1, 0.15) is 0 Å². The fourth-order valence-corrected chi connectivity index (χ4v) is 22.3. The highest BCUT2D eigenvalue weighted by molar-refractivity contribution is 7.26. The molecule has 0 aliphatic heterocycles. The van der Waals surface area contributed by atoms with Gasteiger partial charge in [-0.05, 0) is 195 Å². The maximum absolute atomic E-state index is 5.07. The van der Waals surface area contributed by atoms with E-state index in [1.807, 2.05) is 192 Å². The first kappa shape index (κ1) is 81.6. The van der Waals surface area contributed by atoms with E-state index < -0.39 is 0 Å². The van der Waals surface area contributed by atoms with Crippen LogP contribution in [0.4, 0.5) is 0 Å². The lowest BCUT2D eigenvalue weighted by Gasteiger charge is -2.13. The van der Waals surface area contributed by atoms with Crippen molar-refractivity contribution in [1.29, 1.82) is 0 Å². The molecule has 137 heavy (non-hydrogen) atoms. The van der Waals surface area contributed by atoms with Crippen molar-refractivity contribution in [2.75, 3.05) is 0 Å². The van der Waals surface area contributed by atoms with Crippen LogP contribution in [0.15, 0.2) is 467 Å². The second kappa shape index (κ2) is 35.3. The number of thiophene rings is 3. The van der Waals surface area contributed by atoms with Crippen LogP contribution >= 0.6 is 34.0 Å². The molecule has 0 saturated carbocycles. The molecule has 0 amide bonds. The number of rotatable bonds is 13. The van der Waals surface area contributed by atoms with Crippen LogP contribution in [-0.2, 0) is 0 Å². The SMILES string of the molecule is c1ccc(-c2ccc(-c3nc(-c4ccccc4)nc(-c4cccc(-c5cccc6cc7c(cc56)sc5ccccc57)c4)n3)cc2)cc1.c1ccc(-c2nc(-c3ccccc3)nc(-c3cc(-c4ccc5cc6c(cc5c4)sc4ccccc46)c4ccccc4c3)n2)cc1.c1ccc(-c2nc(-c3ccccc3)nc(-c3cc(-c4ccc5cc6sc7ccccc7c6cc5c4)cc4ccccc34)n2)cc1. The van der Waals surface area contributed by atoms with Gasteiger partial charge in [-0.1, -0.05) is 370 Å². The van der Waals surface area contributed by atoms with Crippen molar-refractivity contribution in [3.8, 4) is 147 Å². The van der Waals surface area contributed by atoms with Gasteiger partial charge in [0, 0.05) is 111 Å². The van der Waals surface area contributed by atoms with Crippen LogP contribution in [-0.4, -0.2) is 44.9 Å². The smallest absolute Gasteiger partial charge is 0.164 e. The molecule has 0 unspecified atom stereocenters. The summed E-state index contributed by atoms with van der Waals surface area (Å²) in [6.07, 6.45) is 0. The zero-order valence-corrected chi connectivity index (χ0v) is 76.2. The summed E-state index contributed by atoms with van der Waals surface area (Å²) in [5, 5.41) is 19.9. The second-order valence-corrected chi connectivity index (χ2v) is 37.5. The van der Waals surface area contributed by atoms with Crippen molar-refractivity contribution in [1.82, 2.24) is 44.9 Å². The van der Waals surface area contributed by atoms with Gasteiger partial charge in [0.1, 0.15) is 0 Å². The van der Waals surface area contributed by atoms with Crippen LogP contribution < -0.4 is 0 Å². The third-order valence-corrected chi connectivity index (χ3v) is 29.1. The first-order valence-electron chi connectivity index (χ1n) is 45.7. The minimum Gasteiger partial charge on any atom is -0.208 e. The predicted octanol–water partition coefficient (Wildman–Crippen LogP) is 34.2. The molecular weight excluding hydrogens is 1720 g/mol. The van der Waals surface area contributed by atoms with E-state index in [2.05, 4.69) is 309 Å². The van der Waals surface area contributed by atoms with Gasteiger partial charge >= 0.3 is 0 Å². The molecule has 0 fully saturated rings. The topological polar surface area (TPSA) is 116 Å². The molecule has 0 radical (unpaired) electrons. The van der Waals surface area contributed by atoms with Crippen LogP contribution in [0.5, 0.6) is 0 Å². The van der Waals surface area contributed by atoms with Gasteiger partial charge in [0.25, 0.3) is 0 Å². The van der Waals surface area contributed by atoms with E-state index in [0.717, 1.165) is 94.0 Å². The van der Waals surface area contributed by atoms with Gasteiger partial charge in [-0.25, -0.2) is 44.9 Å². The van der Waals surface area contributed by atoms with Gasteiger partial charge in [-0.15, -0.1) is 34.0 Å². The molecule has 0 N–H and O–H groups in total. The van der Waals surface area contributed by atoms with E-state index in [0.29, 0.717) is 52.4 Å². The molecule has 9 nitrogen and oxygen atoms in total. The largest absolute Gasteiger partial charge is 0.208 e. The number of fused-ring (bicyclic) bond motifs is 14. The molecule has 0 aliphatic rings. The molecule has 0 spiro atoms. The Morgan fingerprint density at radius 3 is 0.898 bits per heavy atom. The fourth-order valence-electron chi connectivity index (χ4n) is 18.9. The van der Waals surface area contributed by atoms with Crippen molar-refractivity contribution in [3.05, 3.63) is 467 Å². The van der Waals surface area contributed by atoms with Gasteiger partial charge in [-0.2, -0.15) is 0 Å². The van der Waals surface area contributed by atoms with E-state index in [-0.39, 0.29) is 0 Å². The molecule has 0 aliphatic carbocycles. The number of benzene rings is 21. The van der Waals surface area contributed by atoms with Crippen molar-refractivity contribution >= 4 is 148 Å². The number of hydrogen-bond donors (Lipinski definition) is 0. The molecule has 0 bridgehead atoms. The maximum Gasteiger partial charge on any atom is 0.164 e. The summed E-state index contributed by atoms with van der Waals surface area (Å²) < 4.78 is 7.90. The fraction of sp³-hybridized carbons (Fsp3) is 0. The Bertz CT molecular complexity index is 9230. The van der Waals surface area contributed by atoms with E-state index >= 15 is 0 Å². The quantitative estimate of drug-likeness (QED) is 0.111. The first-order valence-corrected chi connectivity index (χ1v) is 48.2. The monoisotopic (exact) mass is 1800 g/mol. The summed E-state index contributed by atoms with van der Waals surface area (Å²) >= 11 is 5.57. The Morgan fingerprint density at radius 1 is 0.109 bits per heavy atom. The minimum atomic E-state index is 0.648. The lowest BCUT2D eigenvalue weighted by molar-refractivity contribution is 1.07. The third-order valence-electron chi connectivity index (χ3n) is 25.7. The number of hydrogen-bond acceptors (Lipinski definition) is 12. The van der Waals surface area contributed by atoms with Crippen LogP contribution in [0.25, 0.3) is 261 Å². The average molecular weight is 1800 g/mol. The molecule has 27 aromatic rings. The Kier molecular flexibility index (Phi) is 21.0. The third kappa shape index (κ3) is 16.0. The maximum atomic E-state index is 5.07. The van der Waals surface area contributed by atoms with Crippen LogP contribution in [0.3, 0.4) is 0 Å². The van der Waals surface area contributed by atoms with Crippen molar-refractivity contribution in [3.63, 3.8) is 0 Å². The summed E-state index contributed by atoms with van der Waals surface area (Å²) in [4.78, 5) is 45.0. The van der Waals surface area contributed by atoms with E-state index in [1.54, 1.807) is 0 Å². The summed E-state index contributed by atoms with van der Waals surface area (Å²) in [7, 11) is 0.